The summed E-state index contributed by atoms with van der Waals surface area (Å²) in [5.41, 5.74) is 0. The number of hydrogen-bond donors (Lipinski definition) is 0. The second-order valence-electron chi connectivity index (χ2n) is 6.04. The van der Waals surface area contributed by atoms with Gasteiger partial charge in [-0.3, -0.25) is 0 Å². The average Bonchev–Trinajstić information content (AvgIpc) is 3.06. The van der Waals surface area contributed by atoms with Crippen LogP contribution in [0.4, 0.5) is 0 Å². The molecule has 0 aromatic heterocycles. The summed E-state index contributed by atoms with van der Waals surface area (Å²) in [5.74, 6) is 1.74. The minimum absolute atomic E-state index is 0.348. The Morgan fingerprint density at radius 2 is 1.77 bits per heavy atom. The topological polar surface area (TPSA) is 55.8 Å². The number of hydrogen-bond acceptors (Lipinski definition) is 4. The zero-order chi connectivity index (χ0) is 15.6. The highest BCUT2D eigenvalue weighted by Crippen LogP contribution is 2.33. The van der Waals surface area contributed by atoms with E-state index >= 15 is 0 Å². The first-order valence-corrected chi connectivity index (χ1v) is 9.27. The highest BCUT2D eigenvalue weighted by molar-refractivity contribution is 7.89. The maximum atomic E-state index is 12.7. The number of sulfonamides is 1. The van der Waals surface area contributed by atoms with Crippen molar-refractivity contribution in [2.24, 2.45) is 11.8 Å². The van der Waals surface area contributed by atoms with Crippen molar-refractivity contribution in [2.75, 3.05) is 33.4 Å². The van der Waals surface area contributed by atoms with E-state index in [1.54, 1.807) is 35.7 Å². The summed E-state index contributed by atoms with van der Waals surface area (Å²) in [7, 11) is -1.82. The van der Waals surface area contributed by atoms with E-state index < -0.39 is 10.0 Å². The first kappa shape index (κ1) is 15.8. The van der Waals surface area contributed by atoms with E-state index in [1.807, 2.05) is 0 Å². The predicted molar refractivity (Wildman–Crippen MR) is 83.4 cm³/mol. The van der Waals surface area contributed by atoms with Crippen LogP contribution >= 0.6 is 0 Å². The van der Waals surface area contributed by atoms with Crippen LogP contribution in [-0.2, 0) is 14.8 Å². The van der Waals surface area contributed by atoms with Gasteiger partial charge in [0, 0.05) is 26.3 Å². The fraction of sp³-hybridized carbons (Fsp3) is 0.625. The summed E-state index contributed by atoms with van der Waals surface area (Å²) < 4.78 is 37.6. The lowest BCUT2D eigenvalue weighted by atomic mass is 9.85. The monoisotopic (exact) mass is 325 g/mol. The molecule has 0 amide bonds. The fourth-order valence-corrected chi connectivity index (χ4v) is 4.95. The number of ether oxygens (including phenoxy) is 2. The normalized spacial score (nSPS) is 24.5. The first-order valence-electron chi connectivity index (χ1n) is 7.83. The Labute approximate surface area is 132 Å². The van der Waals surface area contributed by atoms with E-state index in [2.05, 4.69) is 0 Å². The van der Waals surface area contributed by atoms with Crippen LogP contribution in [0.25, 0.3) is 0 Å². The van der Waals surface area contributed by atoms with Crippen molar-refractivity contribution >= 4 is 10.0 Å². The van der Waals surface area contributed by atoms with Crippen LogP contribution < -0.4 is 4.74 Å². The van der Waals surface area contributed by atoms with E-state index in [0.717, 1.165) is 32.5 Å². The van der Waals surface area contributed by atoms with Gasteiger partial charge in [-0.15, -0.1) is 0 Å². The highest BCUT2D eigenvalue weighted by atomic mass is 32.2. The first-order chi connectivity index (χ1) is 10.6. The summed E-state index contributed by atoms with van der Waals surface area (Å²) in [4.78, 5) is 0.348. The van der Waals surface area contributed by atoms with Gasteiger partial charge in [-0.25, -0.2) is 8.42 Å². The molecule has 1 aromatic rings. The van der Waals surface area contributed by atoms with Crippen molar-refractivity contribution in [1.82, 2.24) is 4.31 Å². The largest absolute Gasteiger partial charge is 0.497 e. The second kappa shape index (κ2) is 6.56. The van der Waals surface area contributed by atoms with Crippen molar-refractivity contribution in [1.29, 1.82) is 0 Å². The molecule has 0 radical (unpaired) electrons. The van der Waals surface area contributed by atoms with Gasteiger partial charge in [0.15, 0.2) is 0 Å². The van der Waals surface area contributed by atoms with Gasteiger partial charge in [-0.2, -0.15) is 4.31 Å². The lowest BCUT2D eigenvalue weighted by Gasteiger charge is -2.27. The molecule has 0 bridgehead atoms. The van der Waals surface area contributed by atoms with E-state index in [9.17, 15) is 8.42 Å². The summed E-state index contributed by atoms with van der Waals surface area (Å²) in [6, 6.07) is 6.63. The summed E-state index contributed by atoms with van der Waals surface area (Å²) in [6.45, 7) is 2.88. The molecule has 0 spiro atoms. The molecule has 2 saturated heterocycles. The molecule has 1 aromatic carbocycles. The third kappa shape index (κ3) is 3.14. The van der Waals surface area contributed by atoms with Crippen LogP contribution in [0.15, 0.2) is 29.2 Å². The van der Waals surface area contributed by atoms with Crippen LogP contribution in [0.3, 0.4) is 0 Å². The molecular formula is C16H23NO4S. The molecule has 1 atom stereocenters. The van der Waals surface area contributed by atoms with Gasteiger partial charge >= 0.3 is 0 Å². The smallest absolute Gasteiger partial charge is 0.243 e. The number of benzene rings is 1. The SMILES string of the molecule is COc1ccc(S(=O)(=O)N2CC[C@@H](C3CCOCC3)C2)cc1. The molecule has 2 aliphatic heterocycles. The molecule has 2 aliphatic rings. The van der Waals surface area contributed by atoms with Gasteiger partial charge in [0.2, 0.25) is 10.0 Å². The Kier molecular flexibility index (Phi) is 4.70. The zero-order valence-electron chi connectivity index (χ0n) is 12.9. The van der Waals surface area contributed by atoms with Crippen LogP contribution in [-0.4, -0.2) is 46.1 Å². The third-order valence-corrected chi connectivity index (χ3v) is 6.70. The number of methoxy groups -OCH3 is 1. The van der Waals surface area contributed by atoms with Crippen LogP contribution in [0.5, 0.6) is 5.75 Å². The lowest BCUT2D eigenvalue weighted by Crippen LogP contribution is -2.31. The van der Waals surface area contributed by atoms with E-state index in [1.165, 1.54) is 0 Å². The van der Waals surface area contributed by atoms with Crippen LogP contribution in [0, 0.1) is 11.8 Å². The molecule has 0 aliphatic carbocycles. The van der Waals surface area contributed by atoms with Crippen molar-refractivity contribution in [3.05, 3.63) is 24.3 Å². The fourth-order valence-electron chi connectivity index (χ4n) is 3.44. The molecular weight excluding hydrogens is 302 g/mol. The minimum atomic E-state index is -3.39. The van der Waals surface area contributed by atoms with E-state index in [4.69, 9.17) is 9.47 Å². The van der Waals surface area contributed by atoms with Crippen molar-refractivity contribution in [3.63, 3.8) is 0 Å². The quantitative estimate of drug-likeness (QED) is 0.851. The third-order valence-electron chi connectivity index (χ3n) is 4.82. The average molecular weight is 325 g/mol. The minimum Gasteiger partial charge on any atom is -0.497 e. The van der Waals surface area contributed by atoms with Crippen molar-refractivity contribution < 1.29 is 17.9 Å². The molecule has 5 nitrogen and oxygen atoms in total. The highest BCUT2D eigenvalue weighted by Gasteiger charge is 2.36. The molecule has 0 N–H and O–H groups in total. The summed E-state index contributed by atoms with van der Waals surface area (Å²) >= 11 is 0. The van der Waals surface area contributed by atoms with Gasteiger partial charge in [0.05, 0.1) is 12.0 Å². The van der Waals surface area contributed by atoms with E-state index in [0.29, 0.717) is 35.6 Å². The predicted octanol–water partition coefficient (Wildman–Crippen LogP) is 2.13. The summed E-state index contributed by atoms with van der Waals surface area (Å²) in [5, 5.41) is 0. The zero-order valence-corrected chi connectivity index (χ0v) is 13.7. The maximum absolute atomic E-state index is 12.7. The maximum Gasteiger partial charge on any atom is 0.243 e. The molecule has 2 fully saturated rings. The molecule has 6 heteroatoms. The Balaban J connectivity index is 1.70. The molecule has 3 rings (SSSR count). The number of rotatable bonds is 4. The Hall–Kier alpha value is -1.11. The molecule has 2 heterocycles. The Bertz CT molecular complexity index is 593. The van der Waals surface area contributed by atoms with Crippen LogP contribution in [0.1, 0.15) is 19.3 Å². The Morgan fingerprint density at radius 1 is 1.09 bits per heavy atom. The molecule has 0 unspecified atom stereocenters. The van der Waals surface area contributed by atoms with Gasteiger partial charge in [0.1, 0.15) is 5.75 Å². The molecule has 22 heavy (non-hydrogen) atoms. The van der Waals surface area contributed by atoms with Crippen molar-refractivity contribution in [2.45, 2.75) is 24.2 Å². The second-order valence-corrected chi connectivity index (χ2v) is 7.98. The Morgan fingerprint density at radius 3 is 2.41 bits per heavy atom. The lowest BCUT2D eigenvalue weighted by molar-refractivity contribution is 0.0489. The van der Waals surface area contributed by atoms with Gasteiger partial charge in [0.25, 0.3) is 0 Å². The molecule has 122 valence electrons. The standard InChI is InChI=1S/C16H23NO4S/c1-20-15-2-4-16(5-3-15)22(18,19)17-9-6-14(12-17)13-7-10-21-11-8-13/h2-5,13-14H,6-12H2,1H3/t14-/m1/s1. The van der Waals surface area contributed by atoms with Gasteiger partial charge in [-0.05, 0) is 55.4 Å². The van der Waals surface area contributed by atoms with E-state index in [-0.39, 0.29) is 0 Å². The van der Waals surface area contributed by atoms with Crippen LogP contribution in [0.2, 0.25) is 0 Å². The van der Waals surface area contributed by atoms with Gasteiger partial charge in [-0.1, -0.05) is 0 Å². The van der Waals surface area contributed by atoms with Gasteiger partial charge < -0.3 is 9.47 Å². The van der Waals surface area contributed by atoms with Crippen molar-refractivity contribution in [3.8, 4) is 5.75 Å². The molecule has 0 saturated carbocycles. The number of nitrogens with zero attached hydrogens (tertiary/aromatic N) is 1. The summed E-state index contributed by atoms with van der Waals surface area (Å²) in [6.07, 6.45) is 3.07.